The van der Waals surface area contributed by atoms with E-state index in [0.29, 0.717) is 18.7 Å². The third kappa shape index (κ3) is 6.79. The van der Waals surface area contributed by atoms with Crippen LogP contribution in [0.15, 0.2) is 83.9 Å². The molecule has 8 heteroatoms. The Bertz CT molecular complexity index is 1530. The molecule has 0 fully saturated rings. The first-order chi connectivity index (χ1) is 17.9. The Hall–Kier alpha value is -4.06. The highest BCUT2D eigenvalue weighted by Crippen LogP contribution is 2.23. The summed E-state index contributed by atoms with van der Waals surface area (Å²) >= 11 is 0. The number of nitrogens with one attached hydrogen (secondary N) is 2. The molecule has 0 aliphatic carbocycles. The van der Waals surface area contributed by atoms with Crippen molar-refractivity contribution in [2.45, 2.75) is 37.2 Å². The summed E-state index contributed by atoms with van der Waals surface area (Å²) in [6.45, 7) is 2.24. The number of aliphatic carboxylic acids is 1. The van der Waals surface area contributed by atoms with Crippen LogP contribution in [0.2, 0.25) is 0 Å². The normalized spacial score (nSPS) is 12.0. The van der Waals surface area contributed by atoms with Gasteiger partial charge in [0.2, 0.25) is 10.0 Å². The summed E-state index contributed by atoms with van der Waals surface area (Å²) < 4.78 is 33.9. The van der Waals surface area contributed by atoms with Crippen LogP contribution in [0, 0.1) is 11.8 Å². The van der Waals surface area contributed by atoms with Gasteiger partial charge in [-0.25, -0.2) is 13.1 Å². The number of carboxylic acids is 1. The molecule has 1 unspecified atom stereocenters. The van der Waals surface area contributed by atoms with Crippen LogP contribution < -0.4 is 9.46 Å². The Morgan fingerprint density at radius 2 is 1.78 bits per heavy atom. The first-order valence-corrected chi connectivity index (χ1v) is 13.3. The SMILES string of the molecule is CC#CC(CC(=O)O)c1ccc(OCc2ccc(S(=O)(=O)NCCc3c[nH]c4ccccc34)cc2)cc1. The summed E-state index contributed by atoms with van der Waals surface area (Å²) in [5, 5.41) is 10.2. The third-order valence-electron chi connectivity index (χ3n) is 5.98. The molecular formula is C29H28N2O5S. The Morgan fingerprint density at radius 3 is 2.49 bits per heavy atom. The van der Waals surface area contributed by atoms with Crippen molar-refractivity contribution in [3.8, 4) is 17.6 Å². The summed E-state index contributed by atoms with van der Waals surface area (Å²) in [6.07, 6.45) is 2.43. The minimum atomic E-state index is -3.63. The monoisotopic (exact) mass is 516 g/mol. The molecular weight excluding hydrogens is 488 g/mol. The van der Waals surface area contributed by atoms with Gasteiger partial charge in [0.05, 0.1) is 17.2 Å². The lowest BCUT2D eigenvalue weighted by atomic mass is 9.96. The Labute approximate surface area is 216 Å². The Balaban J connectivity index is 1.30. The van der Waals surface area contributed by atoms with E-state index >= 15 is 0 Å². The fraction of sp³-hybridized carbons (Fsp3) is 0.207. The van der Waals surface area contributed by atoms with Crippen molar-refractivity contribution in [2.75, 3.05) is 6.54 Å². The molecule has 0 aliphatic rings. The number of ether oxygens (including phenoxy) is 1. The summed E-state index contributed by atoms with van der Waals surface area (Å²) in [5.74, 6) is 5.05. The molecule has 1 aromatic heterocycles. The van der Waals surface area contributed by atoms with Gasteiger partial charge in [0.25, 0.3) is 0 Å². The molecule has 0 bridgehead atoms. The summed E-state index contributed by atoms with van der Waals surface area (Å²) in [6, 6.07) is 21.7. The highest BCUT2D eigenvalue weighted by Gasteiger charge is 2.15. The lowest BCUT2D eigenvalue weighted by Gasteiger charge is -2.11. The second kappa shape index (κ2) is 11.8. The van der Waals surface area contributed by atoms with Crippen LogP contribution in [-0.4, -0.2) is 31.0 Å². The van der Waals surface area contributed by atoms with Crippen LogP contribution in [0.1, 0.15) is 36.0 Å². The van der Waals surface area contributed by atoms with Gasteiger partial charge < -0.3 is 14.8 Å². The molecule has 0 aliphatic heterocycles. The van der Waals surface area contributed by atoms with E-state index in [1.165, 1.54) is 0 Å². The predicted octanol–water partition coefficient (Wildman–Crippen LogP) is 4.85. The number of para-hydroxylation sites is 1. The fourth-order valence-corrected chi connectivity index (χ4v) is 5.10. The maximum absolute atomic E-state index is 12.7. The molecule has 0 amide bonds. The number of aromatic nitrogens is 1. The molecule has 7 nitrogen and oxygen atoms in total. The van der Waals surface area contributed by atoms with E-state index in [4.69, 9.17) is 9.84 Å². The van der Waals surface area contributed by atoms with Crippen molar-refractivity contribution < 1.29 is 23.1 Å². The maximum Gasteiger partial charge on any atom is 0.304 e. The lowest BCUT2D eigenvalue weighted by Crippen LogP contribution is -2.26. The fourth-order valence-electron chi connectivity index (χ4n) is 4.07. The highest BCUT2D eigenvalue weighted by molar-refractivity contribution is 7.89. The number of hydrogen-bond donors (Lipinski definition) is 3. The Kier molecular flexibility index (Phi) is 8.29. The van der Waals surface area contributed by atoms with Crippen LogP contribution in [0.5, 0.6) is 5.75 Å². The zero-order chi connectivity index (χ0) is 26.3. The van der Waals surface area contributed by atoms with Gasteiger partial charge in [-0.15, -0.1) is 5.92 Å². The minimum absolute atomic E-state index is 0.0613. The average Bonchev–Trinajstić information content (AvgIpc) is 3.30. The summed E-state index contributed by atoms with van der Waals surface area (Å²) in [7, 11) is -3.63. The number of fused-ring (bicyclic) bond motifs is 1. The number of carboxylic acid groups (broad SMARTS) is 1. The molecule has 4 aromatic rings. The van der Waals surface area contributed by atoms with Gasteiger partial charge in [0.1, 0.15) is 12.4 Å². The van der Waals surface area contributed by atoms with Crippen molar-refractivity contribution in [2.24, 2.45) is 0 Å². The van der Waals surface area contributed by atoms with E-state index in [-0.39, 0.29) is 23.8 Å². The maximum atomic E-state index is 12.7. The smallest absolute Gasteiger partial charge is 0.304 e. The first kappa shape index (κ1) is 26.0. The van der Waals surface area contributed by atoms with Gasteiger partial charge in [0, 0.05) is 23.6 Å². The number of hydrogen-bond acceptors (Lipinski definition) is 4. The van der Waals surface area contributed by atoms with Gasteiger partial charge in [-0.05, 0) is 60.4 Å². The third-order valence-corrected chi connectivity index (χ3v) is 7.46. The molecule has 1 heterocycles. The van der Waals surface area contributed by atoms with E-state index < -0.39 is 16.0 Å². The zero-order valence-corrected chi connectivity index (χ0v) is 21.2. The number of rotatable bonds is 11. The molecule has 37 heavy (non-hydrogen) atoms. The van der Waals surface area contributed by atoms with E-state index in [0.717, 1.165) is 27.6 Å². The van der Waals surface area contributed by atoms with Gasteiger partial charge >= 0.3 is 5.97 Å². The number of carbonyl (C=O) groups is 1. The molecule has 190 valence electrons. The Morgan fingerprint density at radius 1 is 1.05 bits per heavy atom. The first-order valence-electron chi connectivity index (χ1n) is 11.9. The predicted molar refractivity (Wildman–Crippen MR) is 143 cm³/mol. The van der Waals surface area contributed by atoms with Crippen LogP contribution in [0.25, 0.3) is 10.9 Å². The number of H-pyrrole nitrogens is 1. The van der Waals surface area contributed by atoms with Crippen molar-refractivity contribution in [1.82, 2.24) is 9.71 Å². The number of sulfonamides is 1. The molecule has 0 saturated carbocycles. The van der Waals surface area contributed by atoms with Crippen LogP contribution >= 0.6 is 0 Å². The van der Waals surface area contributed by atoms with E-state index in [1.807, 2.05) is 42.6 Å². The number of benzene rings is 3. The molecule has 3 N–H and O–H groups in total. The van der Waals surface area contributed by atoms with Crippen LogP contribution in [-0.2, 0) is 27.8 Å². The standard InChI is InChI=1S/C29H28N2O5S/c1-2-5-23(18-29(32)33)22-10-12-25(13-11-22)36-20-21-8-14-26(15-9-21)37(34,35)31-17-16-24-19-30-28-7-4-3-6-27(24)28/h3-4,6-15,19,23,30-31H,16-18,20H2,1H3,(H,32,33). The molecule has 0 radical (unpaired) electrons. The quantitative estimate of drug-likeness (QED) is 0.247. The van der Waals surface area contributed by atoms with E-state index in [1.54, 1.807) is 43.3 Å². The molecule has 3 aromatic carbocycles. The average molecular weight is 517 g/mol. The lowest BCUT2D eigenvalue weighted by molar-refractivity contribution is -0.137. The highest BCUT2D eigenvalue weighted by atomic mass is 32.2. The van der Waals surface area contributed by atoms with E-state index in [2.05, 4.69) is 21.5 Å². The summed E-state index contributed by atoms with van der Waals surface area (Å²) in [4.78, 5) is 14.5. The molecule has 1 atom stereocenters. The van der Waals surface area contributed by atoms with E-state index in [9.17, 15) is 13.2 Å². The van der Waals surface area contributed by atoms with Gasteiger partial charge in [-0.1, -0.05) is 48.4 Å². The molecule has 0 spiro atoms. The van der Waals surface area contributed by atoms with Crippen molar-refractivity contribution in [3.63, 3.8) is 0 Å². The molecule has 0 saturated heterocycles. The van der Waals surface area contributed by atoms with Crippen molar-refractivity contribution >= 4 is 26.9 Å². The second-order valence-electron chi connectivity index (χ2n) is 8.55. The molecule has 4 rings (SSSR count). The number of aromatic amines is 1. The zero-order valence-electron chi connectivity index (χ0n) is 20.4. The van der Waals surface area contributed by atoms with Gasteiger partial charge in [-0.3, -0.25) is 4.79 Å². The van der Waals surface area contributed by atoms with Crippen molar-refractivity contribution in [1.29, 1.82) is 0 Å². The second-order valence-corrected chi connectivity index (χ2v) is 10.3. The van der Waals surface area contributed by atoms with Gasteiger partial charge in [-0.2, -0.15) is 0 Å². The van der Waals surface area contributed by atoms with Gasteiger partial charge in [0.15, 0.2) is 0 Å². The topological polar surface area (TPSA) is 108 Å². The largest absolute Gasteiger partial charge is 0.489 e. The minimum Gasteiger partial charge on any atom is -0.489 e. The summed E-state index contributed by atoms with van der Waals surface area (Å²) in [5.41, 5.74) is 3.73. The van der Waals surface area contributed by atoms with Crippen LogP contribution in [0.3, 0.4) is 0 Å². The van der Waals surface area contributed by atoms with Crippen LogP contribution in [0.4, 0.5) is 0 Å². The van der Waals surface area contributed by atoms with Crippen molar-refractivity contribution in [3.05, 3.63) is 95.7 Å².